The minimum absolute atomic E-state index is 0.0623. The second-order valence-electron chi connectivity index (χ2n) is 5.57. The largest absolute Gasteiger partial charge is 0.396 e. The van der Waals surface area contributed by atoms with Crippen LogP contribution < -0.4 is 5.32 Å². The van der Waals surface area contributed by atoms with Gasteiger partial charge in [0.2, 0.25) is 5.91 Å². The van der Waals surface area contributed by atoms with Crippen molar-refractivity contribution in [3.05, 3.63) is 34.9 Å². The molecule has 1 unspecified atom stereocenters. The highest BCUT2D eigenvalue weighted by atomic mass is 16.3. The van der Waals surface area contributed by atoms with Crippen molar-refractivity contribution in [1.29, 1.82) is 0 Å². The first-order chi connectivity index (χ1) is 9.56. The molecule has 20 heavy (non-hydrogen) atoms. The number of carbonyl (C=O) groups is 1. The summed E-state index contributed by atoms with van der Waals surface area (Å²) in [6, 6.07) is 6.15. The van der Waals surface area contributed by atoms with E-state index in [4.69, 9.17) is 5.11 Å². The van der Waals surface area contributed by atoms with Crippen molar-refractivity contribution in [2.75, 3.05) is 13.2 Å². The molecule has 1 amide bonds. The molecule has 1 rings (SSSR count). The summed E-state index contributed by atoms with van der Waals surface area (Å²) in [7, 11) is 0. The predicted octanol–water partition coefficient (Wildman–Crippen LogP) is 2.76. The van der Waals surface area contributed by atoms with Gasteiger partial charge in [-0.3, -0.25) is 4.79 Å². The van der Waals surface area contributed by atoms with Gasteiger partial charge in [-0.05, 0) is 49.3 Å². The summed E-state index contributed by atoms with van der Waals surface area (Å²) in [5, 5.41) is 12.0. The van der Waals surface area contributed by atoms with E-state index in [1.807, 2.05) is 6.07 Å². The number of nitrogens with one attached hydrogen (secondary N) is 1. The fourth-order valence-corrected chi connectivity index (χ4v) is 2.36. The average Bonchev–Trinajstić information content (AvgIpc) is 2.41. The van der Waals surface area contributed by atoms with Crippen LogP contribution in [0.4, 0.5) is 0 Å². The molecule has 0 aliphatic carbocycles. The number of amides is 1. The van der Waals surface area contributed by atoms with Gasteiger partial charge in [-0.2, -0.15) is 0 Å². The Hall–Kier alpha value is -1.35. The maximum absolute atomic E-state index is 11.9. The molecule has 0 fully saturated rings. The van der Waals surface area contributed by atoms with Gasteiger partial charge in [-0.1, -0.05) is 31.5 Å². The van der Waals surface area contributed by atoms with E-state index in [1.165, 1.54) is 11.1 Å². The van der Waals surface area contributed by atoms with Crippen LogP contribution in [-0.4, -0.2) is 24.2 Å². The topological polar surface area (TPSA) is 49.3 Å². The zero-order chi connectivity index (χ0) is 15.0. The maximum Gasteiger partial charge on any atom is 0.224 e. The number of aliphatic hydroxyl groups is 1. The molecule has 1 aromatic rings. The van der Waals surface area contributed by atoms with Gasteiger partial charge in [0.1, 0.15) is 0 Å². The summed E-state index contributed by atoms with van der Waals surface area (Å²) in [6.07, 6.45) is 3.32. The van der Waals surface area contributed by atoms with Crippen molar-refractivity contribution in [2.45, 2.75) is 46.5 Å². The molecule has 0 spiro atoms. The maximum atomic E-state index is 11.9. The van der Waals surface area contributed by atoms with E-state index in [9.17, 15) is 4.79 Å². The van der Waals surface area contributed by atoms with Gasteiger partial charge >= 0.3 is 0 Å². The van der Waals surface area contributed by atoms with E-state index in [-0.39, 0.29) is 12.5 Å². The first-order valence-electron chi connectivity index (χ1n) is 7.50. The molecular formula is C17H27NO2. The lowest BCUT2D eigenvalue weighted by Gasteiger charge is -2.15. The molecular weight excluding hydrogens is 250 g/mol. The summed E-state index contributed by atoms with van der Waals surface area (Å²) in [6.45, 7) is 7.12. The van der Waals surface area contributed by atoms with E-state index in [0.29, 0.717) is 18.9 Å². The first kappa shape index (κ1) is 16.7. The standard InChI is InChI=1S/C17H27NO2/c1-4-5-15(8-9-19)12-18-17(20)11-16-7-6-13(2)14(3)10-16/h6-7,10,15,19H,4-5,8-9,11-12H2,1-3H3,(H,18,20). The summed E-state index contributed by atoms with van der Waals surface area (Å²) < 4.78 is 0. The fraction of sp³-hybridized carbons (Fsp3) is 0.588. The zero-order valence-electron chi connectivity index (χ0n) is 12.9. The zero-order valence-corrected chi connectivity index (χ0v) is 12.9. The highest BCUT2D eigenvalue weighted by molar-refractivity contribution is 5.78. The Morgan fingerprint density at radius 1 is 1.25 bits per heavy atom. The van der Waals surface area contributed by atoms with Crippen molar-refractivity contribution >= 4 is 5.91 Å². The van der Waals surface area contributed by atoms with E-state index < -0.39 is 0 Å². The number of benzene rings is 1. The Kier molecular flexibility index (Phi) is 7.31. The monoisotopic (exact) mass is 277 g/mol. The van der Waals surface area contributed by atoms with Gasteiger partial charge in [0.25, 0.3) is 0 Å². The summed E-state index contributed by atoms with van der Waals surface area (Å²) in [5.74, 6) is 0.445. The van der Waals surface area contributed by atoms with E-state index in [0.717, 1.165) is 24.8 Å². The van der Waals surface area contributed by atoms with Crippen molar-refractivity contribution in [1.82, 2.24) is 5.32 Å². The minimum atomic E-state index is 0.0623. The third kappa shape index (κ3) is 5.74. The van der Waals surface area contributed by atoms with Crippen molar-refractivity contribution in [2.24, 2.45) is 5.92 Å². The molecule has 0 aliphatic rings. The van der Waals surface area contributed by atoms with Gasteiger partial charge in [0.05, 0.1) is 6.42 Å². The molecule has 0 bridgehead atoms. The van der Waals surface area contributed by atoms with Crippen LogP contribution in [-0.2, 0) is 11.2 Å². The van der Waals surface area contributed by atoms with Crippen molar-refractivity contribution in [3.8, 4) is 0 Å². The van der Waals surface area contributed by atoms with Gasteiger partial charge in [0.15, 0.2) is 0 Å². The molecule has 0 saturated carbocycles. The van der Waals surface area contributed by atoms with E-state index >= 15 is 0 Å². The molecule has 112 valence electrons. The molecule has 0 aliphatic heterocycles. The van der Waals surface area contributed by atoms with E-state index in [1.54, 1.807) is 0 Å². The molecule has 3 heteroatoms. The number of aliphatic hydroxyl groups excluding tert-OH is 1. The Morgan fingerprint density at radius 2 is 2.00 bits per heavy atom. The van der Waals surface area contributed by atoms with Crippen LogP contribution in [0.25, 0.3) is 0 Å². The molecule has 0 heterocycles. The fourth-order valence-electron chi connectivity index (χ4n) is 2.36. The Morgan fingerprint density at radius 3 is 2.60 bits per heavy atom. The second-order valence-corrected chi connectivity index (χ2v) is 5.57. The second kappa shape index (κ2) is 8.75. The summed E-state index contributed by atoms with van der Waals surface area (Å²) in [4.78, 5) is 11.9. The number of hydrogen-bond acceptors (Lipinski definition) is 2. The van der Waals surface area contributed by atoms with Gasteiger partial charge < -0.3 is 10.4 Å². The Bertz CT molecular complexity index is 423. The lowest BCUT2D eigenvalue weighted by molar-refractivity contribution is -0.120. The smallest absolute Gasteiger partial charge is 0.224 e. The van der Waals surface area contributed by atoms with Crippen LogP contribution in [0.15, 0.2) is 18.2 Å². The molecule has 2 N–H and O–H groups in total. The Labute approximate surface area is 122 Å². The Balaban J connectivity index is 2.44. The van der Waals surface area contributed by atoms with Gasteiger partial charge in [-0.25, -0.2) is 0 Å². The molecule has 0 saturated heterocycles. The quantitative estimate of drug-likeness (QED) is 0.767. The molecule has 1 atom stereocenters. The molecule has 3 nitrogen and oxygen atoms in total. The number of rotatable bonds is 8. The molecule has 0 radical (unpaired) electrons. The number of hydrogen-bond donors (Lipinski definition) is 2. The predicted molar refractivity (Wildman–Crippen MR) is 82.7 cm³/mol. The molecule has 1 aromatic carbocycles. The third-order valence-electron chi connectivity index (χ3n) is 3.76. The molecule has 0 aromatic heterocycles. The van der Waals surface area contributed by atoms with E-state index in [2.05, 4.69) is 38.2 Å². The SMILES string of the molecule is CCCC(CCO)CNC(=O)Cc1ccc(C)c(C)c1. The van der Waals surface area contributed by atoms with Crippen molar-refractivity contribution in [3.63, 3.8) is 0 Å². The van der Waals surface area contributed by atoms with Gasteiger partial charge in [0, 0.05) is 13.2 Å². The van der Waals surface area contributed by atoms with Crippen LogP contribution in [0.1, 0.15) is 42.9 Å². The van der Waals surface area contributed by atoms with Crippen LogP contribution in [0.5, 0.6) is 0 Å². The van der Waals surface area contributed by atoms with Crippen LogP contribution >= 0.6 is 0 Å². The van der Waals surface area contributed by atoms with Crippen LogP contribution in [0.2, 0.25) is 0 Å². The highest BCUT2D eigenvalue weighted by Crippen LogP contribution is 2.11. The van der Waals surface area contributed by atoms with Crippen LogP contribution in [0.3, 0.4) is 0 Å². The number of aryl methyl sites for hydroxylation is 2. The first-order valence-corrected chi connectivity index (χ1v) is 7.50. The summed E-state index contributed by atoms with van der Waals surface area (Å²) >= 11 is 0. The van der Waals surface area contributed by atoms with Crippen LogP contribution in [0, 0.1) is 19.8 Å². The third-order valence-corrected chi connectivity index (χ3v) is 3.76. The number of carbonyl (C=O) groups excluding carboxylic acids is 1. The lowest BCUT2D eigenvalue weighted by Crippen LogP contribution is -2.31. The minimum Gasteiger partial charge on any atom is -0.396 e. The van der Waals surface area contributed by atoms with Crippen molar-refractivity contribution < 1.29 is 9.90 Å². The normalized spacial score (nSPS) is 12.2. The lowest BCUT2D eigenvalue weighted by atomic mass is 10.00. The average molecular weight is 277 g/mol. The summed E-state index contributed by atoms with van der Waals surface area (Å²) in [5.41, 5.74) is 3.53. The van der Waals surface area contributed by atoms with Gasteiger partial charge in [-0.15, -0.1) is 0 Å². The highest BCUT2D eigenvalue weighted by Gasteiger charge is 2.10.